The fraction of sp³-hybridized carbons (Fsp3) is 0.417. The number of nitrogens with zero attached hydrogens (tertiary/aromatic N) is 16. The number of aromatic nitrogens is 16. The van der Waals surface area contributed by atoms with Crippen molar-refractivity contribution in [1.82, 2.24) is 78.3 Å². The first kappa shape index (κ1) is 66.4. The third kappa shape index (κ3) is 14.4. The van der Waals surface area contributed by atoms with E-state index in [-0.39, 0.29) is 64.8 Å². The molecule has 0 N–H and O–H groups in total. The van der Waals surface area contributed by atoms with E-state index < -0.39 is 53.4 Å². The molecule has 0 radical (unpaired) electrons. The van der Waals surface area contributed by atoms with Crippen LogP contribution in [-0.2, 0) is 70.3 Å². The van der Waals surface area contributed by atoms with E-state index >= 15 is 0 Å². The molecule has 0 aliphatic heterocycles. The Morgan fingerprint density at radius 1 is 0.554 bits per heavy atom. The first-order valence-electron chi connectivity index (χ1n) is 19.3. The largest absolute Gasteiger partial charge is 1.00 e. The second-order valence-corrected chi connectivity index (χ2v) is 17.5. The molecule has 0 saturated heterocycles. The fourth-order valence-electron chi connectivity index (χ4n) is 5.46. The van der Waals surface area contributed by atoms with E-state index in [1.165, 1.54) is 50.9 Å². The maximum atomic E-state index is 13.5. The molecular formula is C36H31Cl2F15ILiN16S2Zn. The molecular weight excluding hydrogens is 1280 g/mol. The van der Waals surface area contributed by atoms with Crippen LogP contribution < -0.4 is 31.3 Å². The second-order valence-electron chi connectivity index (χ2n) is 14.0. The summed E-state index contributed by atoms with van der Waals surface area (Å²) in [7, 11) is 13.1. The summed E-state index contributed by atoms with van der Waals surface area (Å²) in [4.78, 5) is 19.7. The van der Waals surface area contributed by atoms with Gasteiger partial charge in [-0.05, 0) is 58.8 Å². The van der Waals surface area contributed by atoms with Gasteiger partial charge in [0.05, 0.1) is 19.0 Å². The number of rotatable bonds is 8. The van der Waals surface area contributed by atoms with Crippen LogP contribution in [0.3, 0.4) is 0 Å². The Morgan fingerprint density at radius 3 is 1.42 bits per heavy atom. The van der Waals surface area contributed by atoms with Crippen molar-refractivity contribution in [2.75, 3.05) is 11.5 Å². The van der Waals surface area contributed by atoms with E-state index in [1.807, 2.05) is 32.1 Å². The van der Waals surface area contributed by atoms with Crippen molar-refractivity contribution in [2.24, 2.45) is 35.2 Å². The van der Waals surface area contributed by atoms with Crippen LogP contribution in [0.5, 0.6) is 0 Å². The summed E-state index contributed by atoms with van der Waals surface area (Å²) in [6.45, 7) is 4.10. The summed E-state index contributed by atoms with van der Waals surface area (Å²) >= 11 is 6.43. The molecule has 0 aliphatic rings. The number of halogens is 18. The molecule has 0 bridgehead atoms. The summed E-state index contributed by atoms with van der Waals surface area (Å²) in [6.07, 6.45) is -10.2. The van der Waals surface area contributed by atoms with Gasteiger partial charge in [-0.3, -0.25) is 0 Å². The molecule has 8 aromatic rings. The van der Waals surface area contributed by atoms with Crippen molar-refractivity contribution in [1.29, 1.82) is 0 Å². The van der Waals surface area contributed by atoms with Gasteiger partial charge in [0.2, 0.25) is 0 Å². The van der Waals surface area contributed by atoms with Crippen LogP contribution in [0.2, 0.25) is 0 Å². The van der Waals surface area contributed by atoms with Crippen molar-refractivity contribution in [3.8, 4) is 11.5 Å². The predicted octanol–water partition coefficient (Wildman–Crippen LogP) is 4.20. The average Bonchev–Trinajstić information content (AvgIpc) is 4.13. The van der Waals surface area contributed by atoms with Crippen LogP contribution in [-0.4, -0.2) is 108 Å². The van der Waals surface area contributed by atoms with Crippen LogP contribution in [0.25, 0.3) is 45.0 Å². The minimum Gasteiger partial charge on any atom is 1.00 e. The maximum Gasteiger partial charge on any atom is 1.00 e. The van der Waals surface area contributed by atoms with Crippen LogP contribution in [0.1, 0.15) is 30.9 Å². The zero-order valence-corrected chi connectivity index (χ0v) is 47.1. The summed E-state index contributed by atoms with van der Waals surface area (Å²) in [6, 6.07) is 1.73. The monoisotopic (exact) mass is 1300 g/mol. The van der Waals surface area contributed by atoms with Crippen LogP contribution in [0.4, 0.5) is 65.9 Å². The first-order valence-corrected chi connectivity index (χ1v) is 26.2. The number of alkyl halides is 15. The molecule has 0 aliphatic carbocycles. The van der Waals surface area contributed by atoms with Gasteiger partial charge in [0.25, 0.3) is 0 Å². The standard InChI is InChI=1S/C14H13F5N6S.C8H5F5N4.C8H4F5N4.C6H9IN2S.2ClH.Li.Zn/c1-4-26-12-9(20-6-24(12)2)11-21-7-5-8(13(15,16)14(17,18)19)22-23-10(7)25(11)3;2*1-17-3-14-4-2-5(15-16-6(4)17)7(9,10)8(11,12)13;1-3-10-6-5(7)8-4-9(6)2;;;;/h5-6H,4H2,1-3H3;2-3H,1H3;2H,1H3;4H,3H2,1-2H3;2*1H;;/q;;-1;;;;+1;+2/p-2. The normalized spacial score (nSPS) is 12.1. The molecule has 8 aromatic heterocycles. The Hall–Kier alpha value is -3.75. The molecule has 0 saturated carbocycles. The van der Waals surface area contributed by atoms with Gasteiger partial charge in [-0.15, -0.1) is 43.9 Å². The molecule has 0 fully saturated rings. The molecule has 0 unspecified atom stereocenters. The zero-order valence-electron chi connectivity index (χ0n) is 38.9. The third-order valence-corrected chi connectivity index (χ3v) is 12.2. The van der Waals surface area contributed by atoms with Gasteiger partial charge < -0.3 is 40.2 Å². The van der Waals surface area contributed by atoms with Crippen LogP contribution in [0, 0.1) is 10.0 Å². The second kappa shape index (κ2) is 26.1. The quantitative estimate of drug-likeness (QED) is 0.0700. The van der Waals surface area contributed by atoms with E-state index in [9.17, 15) is 65.9 Å². The van der Waals surface area contributed by atoms with Gasteiger partial charge in [0.1, 0.15) is 47.6 Å². The molecule has 396 valence electrons. The third-order valence-electron chi connectivity index (χ3n) is 9.00. The molecule has 0 atom stereocenters. The molecule has 0 spiro atoms. The Labute approximate surface area is 461 Å². The van der Waals surface area contributed by atoms with E-state index in [0.29, 0.717) is 29.7 Å². The summed E-state index contributed by atoms with van der Waals surface area (Å²) in [5.41, 5.74) is -3.97. The number of hydrogen-bond acceptors (Lipinski definition) is 13. The van der Waals surface area contributed by atoms with Gasteiger partial charge in [0, 0.05) is 40.2 Å². The van der Waals surface area contributed by atoms with Crippen LogP contribution in [0.15, 0.2) is 47.2 Å². The van der Waals surface area contributed by atoms with Crippen molar-refractivity contribution in [3.05, 3.63) is 64.3 Å². The van der Waals surface area contributed by atoms with Gasteiger partial charge >= 0.3 is 82.2 Å². The molecule has 8 heterocycles. The molecule has 38 heteroatoms. The molecule has 16 nitrogen and oxygen atoms in total. The molecule has 8 rings (SSSR count). The van der Waals surface area contributed by atoms with Gasteiger partial charge in [-0.25, -0.2) is 25.0 Å². The average molecular weight is 1310 g/mol. The number of thioether (sulfide) groups is 2. The van der Waals surface area contributed by atoms with E-state index in [4.69, 9.17) is 9.69 Å². The fourth-order valence-corrected chi connectivity index (χ4v) is 7.93. The Kier molecular flexibility index (Phi) is 23.4. The van der Waals surface area contributed by atoms with E-state index in [0.717, 1.165) is 37.5 Å². The zero-order chi connectivity index (χ0) is 54.5. The molecule has 74 heavy (non-hydrogen) atoms. The van der Waals surface area contributed by atoms with Crippen molar-refractivity contribution in [2.45, 2.75) is 60.2 Å². The molecule has 0 amide bonds. The minimum atomic E-state index is -5.76. The van der Waals surface area contributed by atoms with Crippen molar-refractivity contribution < 1.29 is 114 Å². The summed E-state index contributed by atoms with van der Waals surface area (Å²) in [5.74, 6) is -13.0. The maximum absolute atomic E-state index is 13.5. The Bertz CT molecular complexity index is 2990. The number of aryl methyl sites for hydroxylation is 5. The number of fused-ring (bicyclic) bond motifs is 3. The van der Waals surface area contributed by atoms with E-state index in [1.54, 1.807) is 25.0 Å². The van der Waals surface area contributed by atoms with Crippen molar-refractivity contribution in [3.63, 3.8) is 0 Å². The van der Waals surface area contributed by atoms with Crippen molar-refractivity contribution >= 4 is 89.3 Å². The van der Waals surface area contributed by atoms with Crippen LogP contribution >= 0.6 is 55.8 Å². The topological polar surface area (TPSA) is 166 Å². The number of hydrogen-bond donors (Lipinski definition) is 0. The van der Waals surface area contributed by atoms with Gasteiger partial charge in [-0.1, -0.05) is 19.9 Å². The van der Waals surface area contributed by atoms with Gasteiger partial charge in [-0.2, -0.15) is 71.0 Å². The van der Waals surface area contributed by atoms with E-state index in [2.05, 4.69) is 95.9 Å². The Morgan fingerprint density at radius 2 is 0.959 bits per heavy atom. The first-order chi connectivity index (χ1) is 33.3. The summed E-state index contributed by atoms with van der Waals surface area (Å²) < 4.78 is 198. The van der Waals surface area contributed by atoms with Gasteiger partial charge in [0.15, 0.2) is 17.1 Å². The Balaban J connectivity index is 0.000000346. The number of imidazole rings is 5. The predicted molar refractivity (Wildman–Crippen MR) is 234 cm³/mol. The molecule has 0 aromatic carbocycles. The minimum absolute atomic E-state index is 0. The SMILES string of the molecule is CCSc1c(-c2nc3cc(C(F)(F)C(F)(F)F)nnc3n2C)ncn1C.CCSc1c(I)ncn1C.Cn1[c-]nc2cc(C(F)(F)C(F)(F)F)nnc21.Cn1cnc2cc(C(F)(F)C(F)(F)F)nnc21.[Cl-].[Cl][Zn+].[Li+]. The summed E-state index contributed by atoms with van der Waals surface area (Å²) in [5, 5.41) is 21.0. The smallest absolute Gasteiger partial charge is 1.00 e.